The van der Waals surface area contributed by atoms with Crippen molar-refractivity contribution >= 4 is 35.2 Å². The van der Waals surface area contributed by atoms with E-state index in [1.54, 1.807) is 6.20 Å². The number of nitrogens with zero attached hydrogens (tertiary/aromatic N) is 2. The molecule has 1 fully saturated rings. The van der Waals surface area contributed by atoms with Gasteiger partial charge in [-0.15, -0.1) is 54.1 Å². The molecule has 1 radical (unpaired) electrons. The van der Waals surface area contributed by atoms with Gasteiger partial charge in [0, 0.05) is 37.9 Å². The van der Waals surface area contributed by atoms with Crippen LogP contribution in [0.4, 0.5) is 0 Å². The molecule has 3 aromatic heterocycles. The first-order valence-corrected chi connectivity index (χ1v) is 18.2. The third kappa shape index (κ3) is 6.49. The van der Waals surface area contributed by atoms with Gasteiger partial charge in [-0.25, -0.2) is 0 Å². The zero-order valence-electron chi connectivity index (χ0n) is 24.5. The average Bonchev–Trinajstić information content (AvgIpc) is 3.41. The van der Waals surface area contributed by atoms with E-state index in [-0.39, 0.29) is 20.1 Å². The molecule has 0 bridgehead atoms. The summed E-state index contributed by atoms with van der Waals surface area (Å²) in [6.07, 6.45) is 10.4. The Morgan fingerprint density at radius 1 is 0.762 bits per heavy atom. The summed E-state index contributed by atoms with van der Waals surface area (Å²) in [7, 11) is -1.49. The molecule has 1 saturated carbocycles. The van der Waals surface area contributed by atoms with Crippen molar-refractivity contribution in [1.82, 2.24) is 9.97 Å². The molecule has 215 valence electrons. The number of rotatable bonds is 4. The minimum absolute atomic E-state index is 0. The summed E-state index contributed by atoms with van der Waals surface area (Å²) in [5.41, 5.74) is 7.28. The molecular weight excluding hydrogens is 709 g/mol. The van der Waals surface area contributed by atoms with Crippen LogP contribution < -0.4 is 5.19 Å². The molecule has 1 aliphatic carbocycles. The van der Waals surface area contributed by atoms with E-state index < -0.39 is 8.07 Å². The van der Waals surface area contributed by atoms with Gasteiger partial charge in [-0.2, -0.15) is 0 Å². The number of hydrogen-bond donors (Lipinski definition) is 0. The van der Waals surface area contributed by atoms with Gasteiger partial charge in [0.2, 0.25) is 0 Å². The maximum atomic E-state index is 6.41. The van der Waals surface area contributed by atoms with Crippen LogP contribution in [0.2, 0.25) is 19.6 Å². The SMILES string of the molecule is C[Si](C)(C)c1cccc2oc3c(-c4cc(C5CCCCC5)ccn4)[c-]ccc3c12.[Ir].[c-]1ccccc1-c1ccccn1. The van der Waals surface area contributed by atoms with Crippen molar-refractivity contribution in [3.8, 4) is 22.5 Å². The number of aromatic nitrogens is 2. The van der Waals surface area contributed by atoms with Gasteiger partial charge >= 0.3 is 0 Å². The third-order valence-electron chi connectivity index (χ3n) is 8.03. The van der Waals surface area contributed by atoms with Gasteiger partial charge in [0.05, 0.1) is 13.7 Å². The molecule has 0 spiro atoms. The fraction of sp³-hybridized carbons (Fsp3) is 0.243. The Hall–Kier alpha value is -3.37. The fourth-order valence-corrected chi connectivity index (χ4v) is 7.56. The van der Waals surface area contributed by atoms with Crippen molar-refractivity contribution in [2.24, 2.45) is 0 Å². The molecule has 3 heterocycles. The second-order valence-corrected chi connectivity index (χ2v) is 17.0. The molecule has 0 aliphatic heterocycles. The van der Waals surface area contributed by atoms with Crippen molar-refractivity contribution in [3.05, 3.63) is 115 Å². The molecule has 0 unspecified atom stereocenters. The van der Waals surface area contributed by atoms with Gasteiger partial charge in [0.15, 0.2) is 0 Å². The van der Waals surface area contributed by atoms with E-state index in [2.05, 4.69) is 73.2 Å². The van der Waals surface area contributed by atoms with Crippen LogP contribution in [0, 0.1) is 12.1 Å². The van der Waals surface area contributed by atoms with E-state index in [9.17, 15) is 0 Å². The topological polar surface area (TPSA) is 38.9 Å². The summed E-state index contributed by atoms with van der Waals surface area (Å²) >= 11 is 0. The van der Waals surface area contributed by atoms with E-state index in [1.807, 2.05) is 54.7 Å². The first kappa shape index (κ1) is 30.1. The van der Waals surface area contributed by atoms with Crippen molar-refractivity contribution in [1.29, 1.82) is 0 Å². The van der Waals surface area contributed by atoms with Crippen LogP contribution in [-0.2, 0) is 20.1 Å². The molecule has 3 aromatic carbocycles. The number of pyridine rings is 2. The predicted molar refractivity (Wildman–Crippen MR) is 173 cm³/mol. The van der Waals surface area contributed by atoms with Gasteiger partial charge < -0.3 is 14.4 Å². The van der Waals surface area contributed by atoms with E-state index in [0.717, 1.165) is 33.7 Å². The summed E-state index contributed by atoms with van der Waals surface area (Å²) in [6, 6.07) is 35.4. The van der Waals surface area contributed by atoms with Crippen LogP contribution in [0.25, 0.3) is 44.5 Å². The Kier molecular flexibility index (Phi) is 9.52. The van der Waals surface area contributed by atoms with Gasteiger partial charge in [0.1, 0.15) is 5.58 Å². The van der Waals surface area contributed by atoms with Crippen LogP contribution in [0.15, 0.2) is 102 Å². The number of fused-ring (bicyclic) bond motifs is 3. The molecule has 5 heteroatoms. The summed E-state index contributed by atoms with van der Waals surface area (Å²) in [5.74, 6) is 0.666. The quantitative estimate of drug-likeness (QED) is 0.133. The molecule has 3 nitrogen and oxygen atoms in total. The van der Waals surface area contributed by atoms with Crippen LogP contribution in [0.1, 0.15) is 43.6 Å². The van der Waals surface area contributed by atoms with Crippen molar-refractivity contribution in [2.75, 3.05) is 0 Å². The second kappa shape index (κ2) is 13.3. The summed E-state index contributed by atoms with van der Waals surface area (Å²) in [6.45, 7) is 7.18. The normalized spacial score (nSPS) is 13.8. The average molecular weight is 745 g/mol. The predicted octanol–water partition coefficient (Wildman–Crippen LogP) is 9.59. The summed E-state index contributed by atoms with van der Waals surface area (Å²) in [5, 5.41) is 3.92. The van der Waals surface area contributed by atoms with E-state index in [4.69, 9.17) is 9.40 Å². The Morgan fingerprint density at radius 3 is 2.31 bits per heavy atom. The van der Waals surface area contributed by atoms with Crippen LogP contribution in [0.5, 0.6) is 0 Å². The largest absolute Gasteiger partial charge is 0.501 e. The van der Waals surface area contributed by atoms with Gasteiger partial charge in [-0.3, -0.25) is 0 Å². The van der Waals surface area contributed by atoms with Crippen molar-refractivity contribution in [2.45, 2.75) is 57.7 Å². The summed E-state index contributed by atoms with van der Waals surface area (Å²) < 4.78 is 6.41. The molecule has 6 aromatic rings. The molecule has 0 N–H and O–H groups in total. The Balaban J connectivity index is 0.000000228. The molecule has 0 amide bonds. The maximum Gasteiger partial charge on any atom is 0.120 e. The molecule has 42 heavy (non-hydrogen) atoms. The van der Waals surface area contributed by atoms with Crippen molar-refractivity contribution in [3.63, 3.8) is 0 Å². The molecule has 0 saturated heterocycles. The number of benzene rings is 3. The van der Waals surface area contributed by atoms with Crippen molar-refractivity contribution < 1.29 is 24.5 Å². The fourth-order valence-electron chi connectivity index (χ4n) is 5.95. The van der Waals surface area contributed by atoms with E-state index in [0.29, 0.717) is 5.92 Å². The minimum atomic E-state index is -1.49. The van der Waals surface area contributed by atoms with Gasteiger partial charge in [-0.1, -0.05) is 90.9 Å². The molecule has 0 atom stereocenters. The Labute approximate surface area is 263 Å². The Morgan fingerprint density at radius 2 is 1.57 bits per heavy atom. The second-order valence-electron chi connectivity index (χ2n) is 11.9. The first-order chi connectivity index (χ1) is 20.0. The smallest absolute Gasteiger partial charge is 0.120 e. The molecular formula is C37H36IrN2OSi-2. The molecule has 7 rings (SSSR count). The third-order valence-corrected chi connectivity index (χ3v) is 10.1. The number of hydrogen-bond acceptors (Lipinski definition) is 3. The van der Waals surface area contributed by atoms with E-state index in [1.165, 1.54) is 53.6 Å². The standard InChI is InChI=1S/C26H28NOSi.C11H8N.Ir/c1-29(2,3)24-14-8-13-23-25(24)21-12-7-11-20(26(21)28-23)22-17-19(15-16-27-22)18-9-5-4-6-10-18;1-2-6-10(7-3-1)11-8-4-5-9-12-11;/h7-8,12-18H,4-6,9-10H2,1-3H3;1-6,8-9H;/q2*-1;. The zero-order valence-corrected chi connectivity index (χ0v) is 27.9. The molecule has 1 aliphatic rings. The van der Waals surface area contributed by atoms with Gasteiger partial charge in [-0.05, 0) is 48.3 Å². The van der Waals surface area contributed by atoms with E-state index >= 15 is 0 Å². The van der Waals surface area contributed by atoms with Crippen LogP contribution in [0.3, 0.4) is 0 Å². The maximum absolute atomic E-state index is 6.41. The minimum Gasteiger partial charge on any atom is -0.501 e. The summed E-state index contributed by atoms with van der Waals surface area (Å²) in [4.78, 5) is 8.93. The zero-order chi connectivity index (χ0) is 28.2. The Bertz CT molecular complexity index is 1720. The van der Waals surface area contributed by atoms with Gasteiger partial charge in [0.25, 0.3) is 0 Å². The van der Waals surface area contributed by atoms with Crippen LogP contribution in [-0.4, -0.2) is 18.0 Å². The number of furan rings is 1. The monoisotopic (exact) mass is 745 g/mol. The first-order valence-electron chi connectivity index (χ1n) is 14.7. The van der Waals surface area contributed by atoms with Crippen LogP contribution >= 0.6 is 0 Å².